The number of hydrazone groups is 1. The van der Waals surface area contributed by atoms with Crippen LogP contribution < -0.4 is 10.3 Å². The summed E-state index contributed by atoms with van der Waals surface area (Å²) in [7, 11) is 0. The Kier molecular flexibility index (Phi) is 5.69. The Labute approximate surface area is 194 Å². The Bertz CT molecular complexity index is 1330. The largest absolute Gasteiger partial charge is 0.372 e. The van der Waals surface area contributed by atoms with Gasteiger partial charge in [-0.15, -0.1) is 0 Å². The third-order valence-electron chi connectivity index (χ3n) is 6.43. The lowest BCUT2D eigenvalue weighted by Crippen LogP contribution is -2.19. The highest BCUT2D eigenvalue weighted by Gasteiger charge is 2.13. The molecular formula is C28H28N4O. The molecule has 33 heavy (non-hydrogen) atoms. The maximum Gasteiger partial charge on any atom is 0.271 e. The van der Waals surface area contributed by atoms with Crippen LogP contribution in [0.4, 0.5) is 5.69 Å². The molecule has 1 aliphatic heterocycles. The van der Waals surface area contributed by atoms with Gasteiger partial charge < -0.3 is 9.47 Å². The number of nitrogens with zero attached hydrogens (tertiary/aromatic N) is 3. The van der Waals surface area contributed by atoms with Gasteiger partial charge in [0.2, 0.25) is 0 Å². The summed E-state index contributed by atoms with van der Waals surface area (Å²) in [5, 5.41) is 6.66. The second kappa shape index (κ2) is 8.94. The summed E-state index contributed by atoms with van der Waals surface area (Å²) in [4.78, 5) is 14.9. The molecular weight excluding hydrogens is 408 g/mol. The lowest BCUT2D eigenvalue weighted by Gasteiger charge is -2.17. The van der Waals surface area contributed by atoms with E-state index in [-0.39, 0.29) is 5.91 Å². The molecule has 0 saturated carbocycles. The van der Waals surface area contributed by atoms with Gasteiger partial charge in [0.15, 0.2) is 0 Å². The zero-order valence-electron chi connectivity index (χ0n) is 19.1. The molecule has 0 unspecified atom stereocenters. The van der Waals surface area contributed by atoms with Gasteiger partial charge in [0.25, 0.3) is 5.91 Å². The standard InChI is InChI=1S/C28H28N4O/c1-20-17-25(21(2)32(20)27-14-9-22-7-3-4-8-24(22)18-27)19-29-30-28(33)23-10-12-26(13-11-23)31-15-5-6-16-31/h3-4,7-14,17-19H,5-6,15-16H2,1-2H3,(H,30,33)/b29-19-. The Morgan fingerprint density at radius 2 is 1.58 bits per heavy atom. The van der Waals surface area contributed by atoms with Gasteiger partial charge in [0.1, 0.15) is 0 Å². The van der Waals surface area contributed by atoms with E-state index in [1.165, 1.54) is 29.3 Å². The molecule has 1 saturated heterocycles. The van der Waals surface area contributed by atoms with Crippen molar-refractivity contribution in [2.45, 2.75) is 26.7 Å². The first kappa shape index (κ1) is 21.0. The molecule has 1 fully saturated rings. The number of anilines is 1. The molecule has 1 aromatic heterocycles. The van der Waals surface area contributed by atoms with Crippen molar-refractivity contribution in [1.82, 2.24) is 9.99 Å². The van der Waals surface area contributed by atoms with E-state index in [1.807, 2.05) is 24.3 Å². The van der Waals surface area contributed by atoms with Gasteiger partial charge in [-0.3, -0.25) is 4.79 Å². The first-order valence-electron chi connectivity index (χ1n) is 11.5. The quantitative estimate of drug-likeness (QED) is 0.326. The zero-order valence-corrected chi connectivity index (χ0v) is 19.1. The molecule has 0 bridgehead atoms. The van der Waals surface area contributed by atoms with Crippen LogP contribution in [0, 0.1) is 13.8 Å². The van der Waals surface area contributed by atoms with Gasteiger partial charge in [-0.1, -0.05) is 30.3 Å². The second-order valence-electron chi connectivity index (χ2n) is 8.63. The Balaban J connectivity index is 1.30. The molecule has 3 aromatic carbocycles. The number of fused-ring (bicyclic) bond motifs is 1. The van der Waals surface area contributed by atoms with Crippen molar-refractivity contribution >= 4 is 28.6 Å². The van der Waals surface area contributed by atoms with Crippen molar-refractivity contribution in [3.63, 3.8) is 0 Å². The summed E-state index contributed by atoms with van der Waals surface area (Å²) in [6.45, 7) is 6.34. The van der Waals surface area contributed by atoms with E-state index < -0.39 is 0 Å². The Morgan fingerprint density at radius 1 is 0.879 bits per heavy atom. The monoisotopic (exact) mass is 436 g/mol. The number of carbonyl (C=O) groups is 1. The lowest BCUT2D eigenvalue weighted by atomic mass is 10.1. The Hall–Kier alpha value is -3.86. The average molecular weight is 437 g/mol. The number of aromatic nitrogens is 1. The minimum Gasteiger partial charge on any atom is -0.372 e. The smallest absolute Gasteiger partial charge is 0.271 e. The summed E-state index contributed by atoms with van der Waals surface area (Å²) in [6, 6.07) is 24.7. The molecule has 1 amide bonds. The number of benzene rings is 3. The number of carbonyl (C=O) groups excluding carboxylic acids is 1. The minimum absolute atomic E-state index is 0.206. The molecule has 0 atom stereocenters. The summed E-state index contributed by atoms with van der Waals surface area (Å²) in [6.07, 6.45) is 4.19. The van der Waals surface area contributed by atoms with Gasteiger partial charge in [-0.2, -0.15) is 5.10 Å². The van der Waals surface area contributed by atoms with Crippen LogP contribution in [0.3, 0.4) is 0 Å². The third kappa shape index (κ3) is 4.27. The molecule has 0 aliphatic carbocycles. The average Bonchev–Trinajstić information content (AvgIpc) is 3.47. The molecule has 1 aliphatic rings. The number of aryl methyl sites for hydroxylation is 1. The van der Waals surface area contributed by atoms with Crippen molar-refractivity contribution in [2.75, 3.05) is 18.0 Å². The molecule has 5 nitrogen and oxygen atoms in total. The second-order valence-corrected chi connectivity index (χ2v) is 8.63. The Morgan fingerprint density at radius 3 is 2.33 bits per heavy atom. The van der Waals surface area contributed by atoms with Crippen molar-refractivity contribution < 1.29 is 4.79 Å². The molecule has 2 heterocycles. The molecule has 166 valence electrons. The molecule has 0 spiro atoms. The van der Waals surface area contributed by atoms with Gasteiger partial charge in [0.05, 0.1) is 6.21 Å². The van der Waals surface area contributed by atoms with Gasteiger partial charge >= 0.3 is 0 Å². The summed E-state index contributed by atoms with van der Waals surface area (Å²) < 4.78 is 2.21. The number of amides is 1. The highest BCUT2D eigenvalue weighted by Crippen LogP contribution is 2.24. The fourth-order valence-corrected chi connectivity index (χ4v) is 4.66. The maximum atomic E-state index is 12.5. The number of hydrogen-bond donors (Lipinski definition) is 1. The van der Waals surface area contributed by atoms with Crippen LogP contribution >= 0.6 is 0 Å². The topological polar surface area (TPSA) is 49.6 Å². The minimum atomic E-state index is -0.206. The van der Waals surface area contributed by atoms with Crippen LogP contribution in [0.5, 0.6) is 0 Å². The predicted octanol–water partition coefficient (Wildman–Crippen LogP) is 5.61. The van der Waals surface area contributed by atoms with Gasteiger partial charge in [-0.25, -0.2) is 5.43 Å². The van der Waals surface area contributed by atoms with Crippen LogP contribution in [0.15, 0.2) is 77.9 Å². The van der Waals surface area contributed by atoms with Crippen LogP contribution in [-0.4, -0.2) is 29.8 Å². The molecule has 0 radical (unpaired) electrons. The highest BCUT2D eigenvalue weighted by atomic mass is 16.2. The highest BCUT2D eigenvalue weighted by molar-refractivity contribution is 5.95. The number of rotatable bonds is 5. The summed E-state index contributed by atoms with van der Waals surface area (Å²) in [5.74, 6) is -0.206. The van der Waals surface area contributed by atoms with Crippen molar-refractivity contribution in [1.29, 1.82) is 0 Å². The van der Waals surface area contributed by atoms with E-state index in [1.54, 1.807) is 6.21 Å². The molecule has 4 aromatic rings. The van der Waals surface area contributed by atoms with E-state index in [4.69, 9.17) is 0 Å². The molecule has 5 rings (SSSR count). The van der Waals surface area contributed by atoms with Crippen LogP contribution in [0.25, 0.3) is 16.5 Å². The number of hydrogen-bond acceptors (Lipinski definition) is 3. The van der Waals surface area contributed by atoms with E-state index in [9.17, 15) is 4.79 Å². The zero-order chi connectivity index (χ0) is 22.8. The SMILES string of the molecule is Cc1cc(/C=N\NC(=O)c2ccc(N3CCCC3)cc2)c(C)n1-c1ccc2ccccc2c1. The summed E-state index contributed by atoms with van der Waals surface area (Å²) >= 11 is 0. The van der Waals surface area contributed by atoms with Crippen molar-refractivity contribution in [2.24, 2.45) is 5.10 Å². The lowest BCUT2D eigenvalue weighted by molar-refractivity contribution is 0.0955. The van der Waals surface area contributed by atoms with E-state index in [0.29, 0.717) is 5.56 Å². The molecule has 1 N–H and O–H groups in total. The van der Waals surface area contributed by atoms with Crippen molar-refractivity contribution in [3.05, 3.63) is 95.3 Å². The van der Waals surface area contributed by atoms with E-state index >= 15 is 0 Å². The van der Waals surface area contributed by atoms with Gasteiger partial charge in [0, 0.05) is 47.0 Å². The van der Waals surface area contributed by atoms with Gasteiger partial charge in [-0.05, 0) is 79.9 Å². The first-order chi connectivity index (χ1) is 16.1. The number of nitrogens with one attached hydrogen (secondary N) is 1. The van der Waals surface area contributed by atoms with Crippen LogP contribution in [-0.2, 0) is 0 Å². The fraction of sp³-hybridized carbons (Fsp3) is 0.214. The van der Waals surface area contributed by atoms with Crippen molar-refractivity contribution in [3.8, 4) is 5.69 Å². The third-order valence-corrected chi connectivity index (χ3v) is 6.43. The van der Waals surface area contributed by atoms with Crippen LogP contribution in [0.2, 0.25) is 0 Å². The normalized spacial score (nSPS) is 13.8. The predicted molar refractivity (Wildman–Crippen MR) is 136 cm³/mol. The maximum absolute atomic E-state index is 12.5. The summed E-state index contributed by atoms with van der Waals surface area (Å²) in [5.41, 5.74) is 8.74. The first-order valence-corrected chi connectivity index (χ1v) is 11.5. The molecule has 5 heteroatoms. The van der Waals surface area contributed by atoms with Crippen LogP contribution in [0.1, 0.15) is 40.2 Å². The van der Waals surface area contributed by atoms with E-state index in [0.717, 1.165) is 35.7 Å². The fourth-order valence-electron chi connectivity index (χ4n) is 4.66. The van der Waals surface area contributed by atoms with E-state index in [2.05, 4.69) is 82.4 Å².